The topological polar surface area (TPSA) is 86.7 Å². The second-order valence-electron chi connectivity index (χ2n) is 32.8. The first kappa shape index (κ1) is 105. The molecule has 2 unspecified atom stereocenters. The van der Waals surface area contributed by atoms with Crippen LogP contribution in [0.3, 0.4) is 0 Å². The molecule has 0 aromatic carbocycles. The maximum absolute atomic E-state index is 11.4. The van der Waals surface area contributed by atoms with Crippen LogP contribution in [0.4, 0.5) is 0 Å². The number of carbonyl (C=O) groups excluding carboxylic acids is 2. The second-order valence-corrected chi connectivity index (χ2v) is 32.8. The van der Waals surface area contributed by atoms with Crippen molar-refractivity contribution in [2.45, 2.75) is 567 Å². The molecule has 0 heterocycles. The van der Waals surface area contributed by atoms with Gasteiger partial charge >= 0.3 is 37.7 Å². The molecule has 0 radical (unpaired) electrons. The molecule has 101 heavy (non-hydrogen) atoms. The number of aliphatic carboxylic acids is 2. The molecule has 0 rings (SSSR count). The normalized spacial score (nSPS) is 12.2. The number of carbonyl (C=O) groups is 2. The first-order valence-electron chi connectivity index (χ1n) is 47.2. The summed E-state index contributed by atoms with van der Waals surface area (Å²) in [4.78, 5) is 27.9. The van der Waals surface area contributed by atoms with Crippen molar-refractivity contribution < 1.29 is 19.8 Å². The Morgan fingerprint density at radius 1 is 0.188 bits per heavy atom. The van der Waals surface area contributed by atoms with Gasteiger partial charge in [0.1, 0.15) is 0 Å². The van der Waals surface area contributed by atoms with E-state index in [0.717, 1.165) is 39.0 Å². The molecule has 600 valence electrons. The third-order valence-electron chi connectivity index (χ3n) is 23.0. The number of carboxylic acids is 2. The number of rotatable bonds is 88. The van der Waals surface area contributed by atoms with Crippen molar-refractivity contribution >= 4 is 49.7 Å². The minimum atomic E-state index is -0.886. The van der Waals surface area contributed by atoms with E-state index in [-0.39, 0.29) is 62.7 Å². The first-order valence-corrected chi connectivity index (χ1v) is 47.2. The Balaban J connectivity index is -0.00000188. The monoisotopic (exact) mass is 1450 g/mol. The van der Waals surface area contributed by atoms with E-state index >= 15 is 0 Å². The molecule has 0 saturated heterocycles. The fraction of sp³-hybridized carbons (Fsp3) is 0.979. The molecule has 0 bridgehead atoms. The Bertz CT molecular complexity index is 1310. The molecule has 0 N–H and O–H groups in total. The Hall–Kier alpha value is 0.120. The van der Waals surface area contributed by atoms with Crippen LogP contribution in [0.2, 0.25) is 0 Å². The fourth-order valence-corrected chi connectivity index (χ4v) is 16.0. The molecule has 0 spiro atoms. The van der Waals surface area contributed by atoms with Crippen LogP contribution in [-0.4, -0.2) is 97.7 Å². The predicted octanol–water partition coefficient (Wildman–Crippen LogP) is 29.8. The molecule has 6 nitrogen and oxygen atoms in total. The van der Waals surface area contributed by atoms with Crippen molar-refractivity contribution in [1.29, 1.82) is 0 Å². The zero-order valence-electron chi connectivity index (χ0n) is 70.8. The second kappa shape index (κ2) is 94.3. The molecule has 0 amide bonds. The van der Waals surface area contributed by atoms with Crippen LogP contribution in [0.5, 0.6) is 0 Å². The summed E-state index contributed by atoms with van der Waals surface area (Å²) in [5.74, 6) is -1.77. The smallest absolute Gasteiger partial charge is 0.550 e. The van der Waals surface area contributed by atoms with Gasteiger partial charge in [-0.25, -0.2) is 0 Å². The van der Waals surface area contributed by atoms with E-state index < -0.39 is 11.9 Å². The molecule has 0 aliphatic rings. The SMILES string of the molecule is CCCCCCCCCCCCCCCCCCCCCN(CCCCCCCCCCCCCCCCCCCCC)C(CC)CC(=O)[O-].CCCCCCCCCCCCCCCCCCCCCN(CCCCCCCCCCCCCCCCCCCCC)C(CC)CC(=O)[O-].[Ca+2]. The van der Waals surface area contributed by atoms with Crippen LogP contribution in [0.1, 0.15) is 555 Å². The Kier molecular flexibility index (Phi) is 98.3. The summed E-state index contributed by atoms with van der Waals surface area (Å²) in [7, 11) is 0. The van der Waals surface area contributed by atoms with Crippen molar-refractivity contribution in [3.63, 3.8) is 0 Å². The average molecular weight is 1450 g/mol. The van der Waals surface area contributed by atoms with Crippen LogP contribution in [0.15, 0.2) is 0 Å². The molecule has 7 heteroatoms. The summed E-state index contributed by atoms with van der Waals surface area (Å²) < 4.78 is 0. The van der Waals surface area contributed by atoms with E-state index in [1.54, 1.807) is 0 Å². The first-order chi connectivity index (χ1) is 49.3. The third kappa shape index (κ3) is 88.9. The van der Waals surface area contributed by atoms with Crippen LogP contribution < -0.4 is 10.2 Å². The van der Waals surface area contributed by atoms with E-state index in [4.69, 9.17) is 0 Å². The quantitative estimate of drug-likeness (QED) is 0.0445. The van der Waals surface area contributed by atoms with Crippen LogP contribution in [-0.2, 0) is 9.59 Å². The summed E-state index contributed by atoms with van der Waals surface area (Å²) in [6, 6.07) is 0.289. The van der Waals surface area contributed by atoms with Gasteiger partial charge in [0.05, 0.1) is 0 Å². The average Bonchev–Trinajstić information content (AvgIpc) is 0.961. The third-order valence-corrected chi connectivity index (χ3v) is 23.0. The van der Waals surface area contributed by atoms with E-state index in [9.17, 15) is 19.8 Å². The van der Waals surface area contributed by atoms with Gasteiger partial charge < -0.3 is 29.6 Å². The predicted molar refractivity (Wildman–Crippen MR) is 450 cm³/mol. The minimum absolute atomic E-state index is 0. The maximum atomic E-state index is 11.4. The summed E-state index contributed by atoms with van der Waals surface area (Å²) in [5.41, 5.74) is 0. The zero-order chi connectivity index (χ0) is 72.9. The molecular formula is C94H188CaN2O4. The summed E-state index contributed by atoms with van der Waals surface area (Å²) >= 11 is 0. The van der Waals surface area contributed by atoms with Gasteiger partial charge in [0.25, 0.3) is 0 Å². The van der Waals surface area contributed by atoms with Crippen molar-refractivity contribution in [1.82, 2.24) is 9.80 Å². The molecule has 0 aliphatic carbocycles. The van der Waals surface area contributed by atoms with Gasteiger partial charge in [-0.2, -0.15) is 0 Å². The molecule has 0 fully saturated rings. The Labute approximate surface area is 667 Å². The number of carboxylic acid groups (broad SMARTS) is 2. The van der Waals surface area contributed by atoms with Crippen LogP contribution in [0, 0.1) is 0 Å². The Morgan fingerprint density at radius 3 is 0.376 bits per heavy atom. The van der Waals surface area contributed by atoms with E-state index in [1.807, 2.05) is 0 Å². The van der Waals surface area contributed by atoms with Crippen molar-refractivity contribution in [2.24, 2.45) is 0 Å². The zero-order valence-corrected chi connectivity index (χ0v) is 73.0. The van der Waals surface area contributed by atoms with Gasteiger partial charge in [-0.1, -0.05) is 504 Å². The van der Waals surface area contributed by atoms with Gasteiger partial charge in [0, 0.05) is 36.9 Å². The Morgan fingerprint density at radius 2 is 0.287 bits per heavy atom. The van der Waals surface area contributed by atoms with Gasteiger partial charge in [-0.3, -0.25) is 0 Å². The molecule has 2 atom stereocenters. The summed E-state index contributed by atoms with van der Waals surface area (Å²) in [6.07, 6.45) is 109. The maximum Gasteiger partial charge on any atom is 2.00 e. The van der Waals surface area contributed by atoms with Crippen LogP contribution in [0.25, 0.3) is 0 Å². The van der Waals surface area contributed by atoms with E-state index in [0.29, 0.717) is 0 Å². The fourth-order valence-electron chi connectivity index (χ4n) is 16.0. The summed E-state index contributed by atoms with van der Waals surface area (Å²) in [5, 5.41) is 22.9. The van der Waals surface area contributed by atoms with Crippen molar-refractivity contribution in [2.75, 3.05) is 26.2 Å². The number of unbranched alkanes of at least 4 members (excludes halogenated alkanes) is 72. The summed E-state index contributed by atoms with van der Waals surface area (Å²) in [6.45, 7) is 17.7. The van der Waals surface area contributed by atoms with Gasteiger partial charge in [-0.15, -0.1) is 0 Å². The molecular weight excluding hydrogens is 1260 g/mol. The van der Waals surface area contributed by atoms with Crippen molar-refractivity contribution in [3.8, 4) is 0 Å². The number of hydrogen-bond donors (Lipinski definition) is 0. The molecule has 0 aliphatic heterocycles. The molecule has 0 aromatic heterocycles. The van der Waals surface area contributed by atoms with E-state index in [1.165, 1.54) is 488 Å². The van der Waals surface area contributed by atoms with Crippen molar-refractivity contribution in [3.05, 3.63) is 0 Å². The van der Waals surface area contributed by atoms with Gasteiger partial charge in [-0.05, 0) is 64.7 Å². The standard InChI is InChI=1S/2C47H95NO2.Ca/c2*1-4-7-9-11-13-15-17-19-21-23-25-27-29-31-33-35-37-39-41-43-48(46(6-3)45-47(49)50)44-42-40-38-36-34-32-30-28-26-24-22-20-18-16-14-12-10-8-5-2;/h2*46H,4-45H2,1-3H3,(H,49,50);/q;;+2/p-2. The van der Waals surface area contributed by atoms with Gasteiger partial charge in [0.15, 0.2) is 0 Å². The molecule has 0 saturated carbocycles. The van der Waals surface area contributed by atoms with Gasteiger partial charge in [0.2, 0.25) is 0 Å². The largest absolute Gasteiger partial charge is 2.00 e. The number of hydrogen-bond acceptors (Lipinski definition) is 6. The van der Waals surface area contributed by atoms with E-state index in [2.05, 4.69) is 51.3 Å². The minimum Gasteiger partial charge on any atom is -0.550 e. The number of nitrogens with zero attached hydrogens (tertiary/aromatic N) is 2. The molecule has 0 aromatic rings. The van der Waals surface area contributed by atoms with Crippen LogP contribution >= 0.6 is 0 Å².